The molecule has 3 N–H and O–H groups in total. The van der Waals surface area contributed by atoms with Gasteiger partial charge in [-0.15, -0.1) is 0 Å². The van der Waals surface area contributed by atoms with Gasteiger partial charge in [0.2, 0.25) is 5.91 Å². The average Bonchev–Trinajstić information content (AvgIpc) is 3.20. The van der Waals surface area contributed by atoms with E-state index in [0.717, 1.165) is 39.0 Å². The van der Waals surface area contributed by atoms with Crippen LogP contribution in [0.5, 0.6) is 0 Å². The molecule has 0 bridgehead atoms. The van der Waals surface area contributed by atoms with Gasteiger partial charge in [0.1, 0.15) is 0 Å². The minimum Gasteiger partial charge on any atom is -0.381 e. The van der Waals surface area contributed by atoms with Gasteiger partial charge in [0, 0.05) is 31.8 Å². The van der Waals surface area contributed by atoms with Crippen LogP contribution >= 0.6 is 0 Å². The van der Waals surface area contributed by atoms with E-state index in [9.17, 15) is 4.79 Å². The Morgan fingerprint density at radius 3 is 2.61 bits per heavy atom. The highest BCUT2D eigenvalue weighted by Crippen LogP contribution is 2.26. The second-order valence-electron chi connectivity index (χ2n) is 5.30. The zero-order valence-electron chi connectivity index (χ0n) is 11.1. The number of nitrogens with zero attached hydrogens (tertiary/aromatic N) is 1. The van der Waals surface area contributed by atoms with Crippen LogP contribution in [-0.4, -0.2) is 55.7 Å². The van der Waals surface area contributed by atoms with Gasteiger partial charge < -0.3 is 15.8 Å². The average molecular weight is 255 g/mol. The van der Waals surface area contributed by atoms with Crippen LogP contribution in [0.1, 0.15) is 32.1 Å². The zero-order valence-corrected chi connectivity index (χ0v) is 11.1. The van der Waals surface area contributed by atoms with Gasteiger partial charge >= 0.3 is 0 Å². The van der Waals surface area contributed by atoms with Gasteiger partial charge in [-0.25, -0.2) is 0 Å². The lowest BCUT2D eigenvalue weighted by Gasteiger charge is -2.26. The summed E-state index contributed by atoms with van der Waals surface area (Å²) in [5, 5.41) is 3.12. The number of nitrogens with two attached hydrogens (primary N) is 1. The summed E-state index contributed by atoms with van der Waals surface area (Å²) >= 11 is 0. The van der Waals surface area contributed by atoms with Gasteiger partial charge in [-0.2, -0.15) is 0 Å². The fourth-order valence-corrected chi connectivity index (χ4v) is 2.42. The Labute approximate surface area is 109 Å². The standard InChI is InChI=1S/C13H25N3O2/c14-6-1-7-16(12-2-3-12)10-13(17)15-11-4-8-18-9-5-11/h11-12H,1-10,14H2,(H,15,17). The van der Waals surface area contributed by atoms with Crippen LogP contribution < -0.4 is 11.1 Å². The second kappa shape index (κ2) is 7.07. The van der Waals surface area contributed by atoms with Gasteiger partial charge in [0.15, 0.2) is 0 Å². The van der Waals surface area contributed by atoms with E-state index >= 15 is 0 Å². The maximum Gasteiger partial charge on any atom is 0.234 e. The summed E-state index contributed by atoms with van der Waals surface area (Å²) in [6.07, 6.45) is 5.32. The van der Waals surface area contributed by atoms with E-state index in [0.29, 0.717) is 25.2 Å². The summed E-state index contributed by atoms with van der Waals surface area (Å²) < 4.78 is 5.29. The van der Waals surface area contributed by atoms with Crippen molar-refractivity contribution in [3.8, 4) is 0 Å². The van der Waals surface area contributed by atoms with Crippen LogP contribution in [0.2, 0.25) is 0 Å². The number of amides is 1. The SMILES string of the molecule is NCCCN(CC(=O)NC1CCOCC1)C1CC1. The monoisotopic (exact) mass is 255 g/mol. The number of hydrogen-bond acceptors (Lipinski definition) is 4. The molecule has 0 atom stereocenters. The molecule has 5 heteroatoms. The van der Waals surface area contributed by atoms with Crippen molar-refractivity contribution in [3.05, 3.63) is 0 Å². The highest BCUT2D eigenvalue weighted by Gasteiger charge is 2.30. The van der Waals surface area contributed by atoms with Crippen LogP contribution in [0.3, 0.4) is 0 Å². The Kier molecular flexibility index (Phi) is 5.41. The molecule has 18 heavy (non-hydrogen) atoms. The molecule has 5 nitrogen and oxygen atoms in total. The Morgan fingerprint density at radius 2 is 2.00 bits per heavy atom. The zero-order chi connectivity index (χ0) is 12.8. The molecule has 1 saturated heterocycles. The van der Waals surface area contributed by atoms with E-state index < -0.39 is 0 Å². The normalized spacial score (nSPS) is 21.2. The number of hydrogen-bond donors (Lipinski definition) is 2. The quantitative estimate of drug-likeness (QED) is 0.677. The van der Waals surface area contributed by atoms with Crippen molar-refractivity contribution in [2.75, 3.05) is 32.8 Å². The fourth-order valence-electron chi connectivity index (χ4n) is 2.42. The Morgan fingerprint density at radius 1 is 1.28 bits per heavy atom. The molecule has 1 heterocycles. The molecule has 1 aliphatic carbocycles. The van der Waals surface area contributed by atoms with Crippen molar-refractivity contribution in [3.63, 3.8) is 0 Å². The number of rotatable bonds is 7. The third-order valence-electron chi connectivity index (χ3n) is 3.65. The van der Waals surface area contributed by atoms with E-state index in [4.69, 9.17) is 10.5 Å². The van der Waals surface area contributed by atoms with Crippen LogP contribution in [0.4, 0.5) is 0 Å². The minimum atomic E-state index is 0.158. The number of nitrogens with one attached hydrogen (secondary N) is 1. The molecule has 0 aromatic rings. The molecular formula is C13H25N3O2. The van der Waals surface area contributed by atoms with Gasteiger partial charge in [0.25, 0.3) is 0 Å². The second-order valence-corrected chi connectivity index (χ2v) is 5.30. The van der Waals surface area contributed by atoms with Crippen LogP contribution in [-0.2, 0) is 9.53 Å². The van der Waals surface area contributed by atoms with Crippen molar-refractivity contribution in [2.45, 2.75) is 44.2 Å². The molecule has 0 radical (unpaired) electrons. The smallest absolute Gasteiger partial charge is 0.234 e. The summed E-state index contributed by atoms with van der Waals surface area (Å²) in [6.45, 7) is 3.71. The van der Waals surface area contributed by atoms with E-state index in [1.165, 1.54) is 12.8 Å². The van der Waals surface area contributed by atoms with Gasteiger partial charge in [-0.05, 0) is 38.6 Å². The topological polar surface area (TPSA) is 67.6 Å². The maximum absolute atomic E-state index is 12.0. The van der Waals surface area contributed by atoms with Crippen molar-refractivity contribution >= 4 is 5.91 Å². The first-order valence-corrected chi connectivity index (χ1v) is 7.11. The van der Waals surface area contributed by atoms with Crippen LogP contribution in [0.15, 0.2) is 0 Å². The molecule has 0 aromatic heterocycles. The molecule has 104 valence electrons. The van der Waals surface area contributed by atoms with Crippen molar-refractivity contribution in [1.29, 1.82) is 0 Å². The number of carbonyl (C=O) groups is 1. The first-order chi connectivity index (χ1) is 8.79. The summed E-state index contributed by atoms with van der Waals surface area (Å²) in [7, 11) is 0. The number of carbonyl (C=O) groups excluding carboxylic acids is 1. The largest absolute Gasteiger partial charge is 0.381 e. The summed E-state index contributed by atoms with van der Waals surface area (Å²) in [6, 6.07) is 0.929. The molecule has 1 saturated carbocycles. The van der Waals surface area contributed by atoms with E-state index in [2.05, 4.69) is 10.2 Å². The van der Waals surface area contributed by atoms with Gasteiger partial charge in [-0.1, -0.05) is 0 Å². The first-order valence-electron chi connectivity index (χ1n) is 7.11. The molecule has 0 spiro atoms. The number of ether oxygens (including phenoxy) is 1. The summed E-state index contributed by atoms with van der Waals surface area (Å²) in [5.74, 6) is 0.158. The lowest BCUT2D eigenvalue weighted by molar-refractivity contribution is -0.123. The predicted molar refractivity (Wildman–Crippen MR) is 70.3 cm³/mol. The van der Waals surface area contributed by atoms with E-state index in [1.807, 2.05) is 0 Å². The summed E-state index contributed by atoms with van der Waals surface area (Å²) in [5.41, 5.74) is 5.54. The third-order valence-corrected chi connectivity index (χ3v) is 3.65. The Hall–Kier alpha value is -0.650. The molecule has 2 rings (SSSR count). The molecule has 1 aliphatic heterocycles. The van der Waals surface area contributed by atoms with E-state index in [-0.39, 0.29) is 5.91 Å². The summed E-state index contributed by atoms with van der Waals surface area (Å²) in [4.78, 5) is 14.3. The predicted octanol–water partition coefficient (Wildman–Crippen LogP) is 0.0948. The highest BCUT2D eigenvalue weighted by atomic mass is 16.5. The minimum absolute atomic E-state index is 0.158. The third kappa shape index (κ3) is 4.55. The maximum atomic E-state index is 12.0. The van der Waals surface area contributed by atoms with Crippen molar-refractivity contribution < 1.29 is 9.53 Å². The molecule has 0 aromatic carbocycles. The molecule has 0 unspecified atom stereocenters. The lowest BCUT2D eigenvalue weighted by Crippen LogP contribution is -2.45. The van der Waals surface area contributed by atoms with Gasteiger partial charge in [-0.3, -0.25) is 9.69 Å². The van der Waals surface area contributed by atoms with Crippen LogP contribution in [0, 0.1) is 0 Å². The fraction of sp³-hybridized carbons (Fsp3) is 0.923. The Balaban J connectivity index is 1.70. The van der Waals surface area contributed by atoms with Crippen molar-refractivity contribution in [2.24, 2.45) is 5.73 Å². The van der Waals surface area contributed by atoms with Gasteiger partial charge in [0.05, 0.1) is 6.54 Å². The highest BCUT2D eigenvalue weighted by molar-refractivity contribution is 5.78. The van der Waals surface area contributed by atoms with Crippen molar-refractivity contribution in [1.82, 2.24) is 10.2 Å². The van der Waals surface area contributed by atoms with E-state index in [1.54, 1.807) is 0 Å². The molecular weight excluding hydrogens is 230 g/mol. The molecule has 1 amide bonds. The first kappa shape index (κ1) is 13.8. The molecule has 2 aliphatic rings. The Bertz CT molecular complexity index is 263. The van der Waals surface area contributed by atoms with Crippen LogP contribution in [0.25, 0.3) is 0 Å². The lowest BCUT2D eigenvalue weighted by atomic mass is 10.1. The molecule has 2 fully saturated rings.